The summed E-state index contributed by atoms with van der Waals surface area (Å²) in [4.78, 5) is 10.4. The first-order chi connectivity index (χ1) is 7.65. The van der Waals surface area contributed by atoms with Crippen molar-refractivity contribution < 1.29 is 14.6 Å². The summed E-state index contributed by atoms with van der Waals surface area (Å²) in [7, 11) is 0. The van der Waals surface area contributed by atoms with Gasteiger partial charge in [-0.1, -0.05) is 18.2 Å². The van der Waals surface area contributed by atoms with Gasteiger partial charge >= 0.3 is 5.97 Å². The highest BCUT2D eigenvalue weighted by molar-refractivity contribution is 5.86. The molecule has 0 saturated heterocycles. The number of carbonyl (C=O) groups is 1. The molecular weight excluding hydrogens is 206 g/mol. The van der Waals surface area contributed by atoms with Crippen molar-refractivity contribution in [3.63, 3.8) is 0 Å². The monoisotopic (exact) mass is 217 g/mol. The van der Waals surface area contributed by atoms with E-state index >= 15 is 0 Å². The molecule has 0 aliphatic rings. The molecule has 0 radical (unpaired) electrons. The minimum absolute atomic E-state index is 0.0568. The van der Waals surface area contributed by atoms with Gasteiger partial charge in [0.1, 0.15) is 11.8 Å². The number of carboxylic acid groups (broad SMARTS) is 1. The van der Waals surface area contributed by atoms with Gasteiger partial charge < -0.3 is 9.84 Å². The second kappa shape index (κ2) is 5.56. The molecule has 0 bridgehead atoms. The number of rotatable bonds is 4. The van der Waals surface area contributed by atoms with Crippen LogP contribution in [0.2, 0.25) is 0 Å². The second-order valence-electron chi connectivity index (χ2n) is 3.11. The van der Waals surface area contributed by atoms with Gasteiger partial charge in [-0.25, -0.2) is 4.79 Å². The molecule has 1 aromatic carbocycles. The van der Waals surface area contributed by atoms with Gasteiger partial charge in [0.25, 0.3) is 0 Å². The van der Waals surface area contributed by atoms with E-state index in [9.17, 15) is 4.79 Å². The molecule has 1 aromatic rings. The minimum Gasteiger partial charge on any atom is -0.478 e. The van der Waals surface area contributed by atoms with Crippen molar-refractivity contribution in [1.29, 1.82) is 5.26 Å². The van der Waals surface area contributed by atoms with Gasteiger partial charge in [-0.2, -0.15) is 5.26 Å². The minimum atomic E-state index is -1.02. The number of aliphatic carboxylic acids is 1. The Balaban J connectivity index is 3.03. The number of hydrogen-bond donors (Lipinski definition) is 1. The van der Waals surface area contributed by atoms with Crippen molar-refractivity contribution in [3.05, 3.63) is 35.4 Å². The summed E-state index contributed by atoms with van der Waals surface area (Å²) in [6.07, 6.45) is 2.48. The highest BCUT2D eigenvalue weighted by atomic mass is 16.5. The first-order valence-corrected chi connectivity index (χ1v) is 4.65. The molecule has 82 valence electrons. The third-order valence-corrected chi connectivity index (χ3v) is 1.93. The van der Waals surface area contributed by atoms with Gasteiger partial charge in [0.05, 0.1) is 0 Å². The molecule has 0 aromatic heterocycles. The van der Waals surface area contributed by atoms with E-state index in [-0.39, 0.29) is 6.61 Å². The molecule has 0 spiro atoms. The molecule has 1 rings (SSSR count). The van der Waals surface area contributed by atoms with Crippen molar-refractivity contribution in [1.82, 2.24) is 0 Å². The summed E-state index contributed by atoms with van der Waals surface area (Å²) in [5.41, 5.74) is 1.51. The number of benzene rings is 1. The lowest BCUT2D eigenvalue weighted by Crippen LogP contribution is -1.98. The Bertz CT molecular complexity index is 458. The maximum Gasteiger partial charge on any atom is 0.328 e. The highest BCUT2D eigenvalue weighted by Gasteiger charge is 2.04. The second-order valence-corrected chi connectivity index (χ2v) is 3.11. The first kappa shape index (κ1) is 11.8. The molecule has 0 aliphatic heterocycles. The van der Waals surface area contributed by atoms with Crippen LogP contribution >= 0.6 is 0 Å². The number of para-hydroxylation sites is 1. The fraction of sp³-hybridized carbons (Fsp3) is 0.167. The molecular formula is C12H11NO3. The number of nitriles is 1. The normalized spacial score (nSPS) is 10.0. The van der Waals surface area contributed by atoms with Crippen molar-refractivity contribution in [2.24, 2.45) is 0 Å². The number of nitrogens with zero attached hydrogens (tertiary/aromatic N) is 1. The van der Waals surface area contributed by atoms with Crippen molar-refractivity contribution >= 4 is 12.0 Å². The summed E-state index contributed by atoms with van der Waals surface area (Å²) in [5.74, 6) is -0.478. The third kappa shape index (κ3) is 3.14. The van der Waals surface area contributed by atoms with Gasteiger partial charge in [-0.05, 0) is 18.6 Å². The van der Waals surface area contributed by atoms with E-state index in [2.05, 4.69) is 0 Å². The standard InChI is InChI=1S/C12H11NO3/c1-9-3-2-4-10(5-6-11(14)15)12(9)16-8-7-13/h2-6H,8H2,1H3,(H,14,15)/b6-5+. The molecule has 16 heavy (non-hydrogen) atoms. The van der Waals surface area contributed by atoms with Gasteiger partial charge in [0.2, 0.25) is 0 Å². The molecule has 0 unspecified atom stereocenters. The Labute approximate surface area is 93.4 Å². The quantitative estimate of drug-likeness (QED) is 0.783. The Hall–Kier alpha value is -2.28. The van der Waals surface area contributed by atoms with Crippen LogP contribution in [-0.2, 0) is 4.79 Å². The molecule has 4 heteroatoms. The number of carboxylic acids is 1. The lowest BCUT2D eigenvalue weighted by atomic mass is 10.1. The van der Waals surface area contributed by atoms with Crippen LogP contribution < -0.4 is 4.74 Å². The predicted molar refractivity (Wildman–Crippen MR) is 59.0 cm³/mol. The summed E-state index contributed by atoms with van der Waals surface area (Å²) < 4.78 is 5.24. The zero-order valence-corrected chi connectivity index (χ0v) is 8.80. The molecule has 1 N–H and O–H groups in total. The van der Waals surface area contributed by atoms with Crippen molar-refractivity contribution in [2.45, 2.75) is 6.92 Å². The molecule has 0 heterocycles. The van der Waals surface area contributed by atoms with Crippen LogP contribution in [0.5, 0.6) is 5.75 Å². The fourth-order valence-electron chi connectivity index (χ4n) is 1.27. The van der Waals surface area contributed by atoms with Crippen LogP contribution in [0.15, 0.2) is 24.3 Å². The molecule has 0 fully saturated rings. The fourth-order valence-corrected chi connectivity index (χ4v) is 1.27. The number of hydrogen-bond acceptors (Lipinski definition) is 3. The van der Waals surface area contributed by atoms with E-state index in [4.69, 9.17) is 15.1 Å². The van der Waals surface area contributed by atoms with Crippen LogP contribution in [0.25, 0.3) is 6.08 Å². The molecule has 0 amide bonds. The van der Waals surface area contributed by atoms with Crippen LogP contribution in [0.3, 0.4) is 0 Å². The van der Waals surface area contributed by atoms with E-state index in [0.717, 1.165) is 11.6 Å². The average molecular weight is 217 g/mol. The number of ether oxygens (including phenoxy) is 1. The molecule has 0 atom stereocenters. The maximum absolute atomic E-state index is 10.4. The topological polar surface area (TPSA) is 70.3 Å². The van der Waals surface area contributed by atoms with Gasteiger partial charge in [0, 0.05) is 11.6 Å². The summed E-state index contributed by atoms with van der Waals surface area (Å²) in [5, 5.41) is 17.0. The Morgan fingerprint density at radius 1 is 1.62 bits per heavy atom. The molecule has 0 aliphatic carbocycles. The van der Waals surface area contributed by atoms with Crippen LogP contribution in [0, 0.1) is 18.3 Å². The zero-order chi connectivity index (χ0) is 12.0. The Morgan fingerprint density at radius 2 is 2.38 bits per heavy atom. The average Bonchev–Trinajstić information content (AvgIpc) is 2.25. The summed E-state index contributed by atoms with van der Waals surface area (Å²) in [6, 6.07) is 7.25. The van der Waals surface area contributed by atoms with E-state index in [1.54, 1.807) is 12.1 Å². The van der Waals surface area contributed by atoms with E-state index in [1.807, 2.05) is 19.1 Å². The lowest BCUT2D eigenvalue weighted by molar-refractivity contribution is -0.131. The van der Waals surface area contributed by atoms with Gasteiger partial charge in [-0.15, -0.1) is 0 Å². The largest absolute Gasteiger partial charge is 0.478 e. The van der Waals surface area contributed by atoms with Gasteiger partial charge in [0.15, 0.2) is 6.61 Å². The first-order valence-electron chi connectivity index (χ1n) is 4.65. The summed E-state index contributed by atoms with van der Waals surface area (Å²) in [6.45, 7) is 1.78. The third-order valence-electron chi connectivity index (χ3n) is 1.93. The lowest BCUT2D eigenvalue weighted by Gasteiger charge is -2.08. The number of aryl methyl sites for hydroxylation is 1. The van der Waals surface area contributed by atoms with Crippen molar-refractivity contribution in [3.8, 4) is 11.8 Å². The molecule has 4 nitrogen and oxygen atoms in total. The van der Waals surface area contributed by atoms with E-state index in [0.29, 0.717) is 11.3 Å². The molecule has 0 saturated carbocycles. The van der Waals surface area contributed by atoms with Crippen LogP contribution in [0.1, 0.15) is 11.1 Å². The predicted octanol–water partition coefficient (Wildman–Crippen LogP) is 2.00. The van der Waals surface area contributed by atoms with Gasteiger partial charge in [-0.3, -0.25) is 0 Å². The Kier molecular flexibility index (Phi) is 4.10. The van der Waals surface area contributed by atoms with Crippen LogP contribution in [0.4, 0.5) is 0 Å². The zero-order valence-electron chi connectivity index (χ0n) is 8.80. The highest BCUT2D eigenvalue weighted by Crippen LogP contribution is 2.24. The van der Waals surface area contributed by atoms with Crippen molar-refractivity contribution in [2.75, 3.05) is 6.61 Å². The maximum atomic E-state index is 10.4. The Morgan fingerprint density at radius 3 is 3.00 bits per heavy atom. The summed E-state index contributed by atoms with van der Waals surface area (Å²) >= 11 is 0. The van der Waals surface area contributed by atoms with E-state index < -0.39 is 5.97 Å². The SMILES string of the molecule is Cc1cccc(/C=C/C(=O)O)c1OCC#N. The smallest absolute Gasteiger partial charge is 0.328 e. The van der Waals surface area contributed by atoms with Crippen LogP contribution in [-0.4, -0.2) is 17.7 Å². The van der Waals surface area contributed by atoms with E-state index in [1.165, 1.54) is 6.08 Å².